The zero-order chi connectivity index (χ0) is 14.4. The lowest BCUT2D eigenvalue weighted by Crippen LogP contribution is -2.58. The van der Waals surface area contributed by atoms with Gasteiger partial charge in [0.2, 0.25) is 0 Å². The molecule has 0 aromatic carbocycles. The maximum Gasteiger partial charge on any atom is 0.171 e. The van der Waals surface area contributed by atoms with Crippen molar-refractivity contribution in [2.45, 2.75) is 32.4 Å². The minimum absolute atomic E-state index is 0.441. The fourth-order valence-corrected chi connectivity index (χ4v) is 3.45. The Labute approximate surface area is 126 Å². The van der Waals surface area contributed by atoms with Gasteiger partial charge in [-0.15, -0.1) is 0 Å². The number of fused-ring (bicyclic) bond motifs is 3. The van der Waals surface area contributed by atoms with Gasteiger partial charge in [-0.05, 0) is 20.3 Å². The Bertz CT molecular complexity index is 529. The van der Waals surface area contributed by atoms with Crippen LogP contribution in [0.3, 0.4) is 0 Å². The van der Waals surface area contributed by atoms with Crippen LogP contribution in [0, 0.1) is 0 Å². The maximum absolute atomic E-state index is 6.02. The lowest BCUT2D eigenvalue weighted by atomic mass is 10.1. The Hall–Kier alpha value is -1.49. The smallest absolute Gasteiger partial charge is 0.171 e. The second-order valence-electron chi connectivity index (χ2n) is 6.60. The summed E-state index contributed by atoms with van der Waals surface area (Å²) in [7, 11) is 0. The van der Waals surface area contributed by atoms with Crippen molar-refractivity contribution in [1.29, 1.82) is 0 Å². The molecule has 114 valence electrons. The van der Waals surface area contributed by atoms with E-state index in [0.717, 1.165) is 50.9 Å². The molecule has 21 heavy (non-hydrogen) atoms. The van der Waals surface area contributed by atoms with Gasteiger partial charge in [-0.25, -0.2) is 4.98 Å². The van der Waals surface area contributed by atoms with E-state index >= 15 is 0 Å². The molecule has 4 rings (SSSR count). The molecule has 0 saturated carbocycles. The highest BCUT2D eigenvalue weighted by Gasteiger charge is 2.34. The predicted molar refractivity (Wildman–Crippen MR) is 84.4 cm³/mol. The van der Waals surface area contributed by atoms with Crippen LogP contribution in [0.1, 0.15) is 20.3 Å². The summed E-state index contributed by atoms with van der Waals surface area (Å²) < 4.78 is 6.02. The van der Waals surface area contributed by atoms with Gasteiger partial charge in [-0.2, -0.15) is 0 Å². The largest absolute Gasteiger partial charge is 0.487 e. The third kappa shape index (κ3) is 2.24. The number of rotatable bonds is 2. The first-order valence-corrected chi connectivity index (χ1v) is 8.11. The summed E-state index contributed by atoms with van der Waals surface area (Å²) in [5, 5.41) is 0. The van der Waals surface area contributed by atoms with Crippen LogP contribution < -0.4 is 14.5 Å². The van der Waals surface area contributed by atoms with Gasteiger partial charge in [-0.1, -0.05) is 0 Å². The van der Waals surface area contributed by atoms with Gasteiger partial charge in [0.05, 0.1) is 17.9 Å². The lowest BCUT2D eigenvalue weighted by molar-refractivity contribution is 0.140. The van der Waals surface area contributed by atoms with Crippen LogP contribution in [0.2, 0.25) is 0 Å². The number of anilines is 2. The van der Waals surface area contributed by atoms with Crippen molar-refractivity contribution in [3.05, 3.63) is 12.3 Å². The van der Waals surface area contributed by atoms with Crippen LogP contribution in [0.5, 0.6) is 5.75 Å². The number of aromatic nitrogens is 1. The van der Waals surface area contributed by atoms with E-state index in [4.69, 9.17) is 9.72 Å². The van der Waals surface area contributed by atoms with E-state index in [1.54, 1.807) is 0 Å². The molecule has 5 heteroatoms. The highest BCUT2D eigenvalue weighted by atomic mass is 16.5. The summed E-state index contributed by atoms with van der Waals surface area (Å²) in [6.45, 7) is 10.9. The number of piperazine rings is 1. The second-order valence-corrected chi connectivity index (χ2v) is 6.60. The predicted octanol–water partition coefficient (Wildman–Crippen LogP) is 1.58. The van der Waals surface area contributed by atoms with E-state index < -0.39 is 0 Å². The summed E-state index contributed by atoms with van der Waals surface area (Å²) in [6, 6.07) is 3.22. The fourth-order valence-electron chi connectivity index (χ4n) is 3.45. The standard InChI is InChI=1S/C16H24N4O/c1-12(2)19-6-7-20-14(10-19)11-21-15-8-13(9-17-16(15)20)18-4-3-5-18/h8-9,12,14H,3-7,10-11H2,1-2H3. The fraction of sp³-hybridized carbons (Fsp3) is 0.688. The van der Waals surface area contributed by atoms with E-state index in [1.807, 2.05) is 6.20 Å². The highest BCUT2D eigenvalue weighted by Crippen LogP contribution is 2.36. The van der Waals surface area contributed by atoms with Gasteiger partial charge >= 0.3 is 0 Å². The number of pyridine rings is 1. The van der Waals surface area contributed by atoms with Crippen molar-refractivity contribution in [2.24, 2.45) is 0 Å². The number of nitrogens with zero attached hydrogens (tertiary/aromatic N) is 4. The molecule has 1 atom stereocenters. The van der Waals surface area contributed by atoms with E-state index in [-0.39, 0.29) is 0 Å². The SMILES string of the molecule is CC(C)N1CCN2c3ncc(N4CCC4)cc3OCC2C1. The van der Waals surface area contributed by atoms with E-state index in [9.17, 15) is 0 Å². The molecule has 1 unspecified atom stereocenters. The van der Waals surface area contributed by atoms with Gasteiger partial charge in [0, 0.05) is 44.8 Å². The minimum atomic E-state index is 0.441. The topological polar surface area (TPSA) is 31.8 Å². The van der Waals surface area contributed by atoms with Crippen molar-refractivity contribution in [1.82, 2.24) is 9.88 Å². The average Bonchev–Trinajstić information content (AvgIpc) is 2.44. The molecule has 1 aromatic heterocycles. The number of hydrogen-bond donors (Lipinski definition) is 0. The Kier molecular flexibility index (Phi) is 3.17. The normalized spacial score (nSPS) is 25.2. The summed E-state index contributed by atoms with van der Waals surface area (Å²) in [5.41, 5.74) is 1.21. The molecule has 0 amide bonds. The van der Waals surface area contributed by atoms with Crippen LogP contribution in [0.4, 0.5) is 11.5 Å². The van der Waals surface area contributed by atoms with Crippen LogP contribution in [-0.2, 0) is 0 Å². The van der Waals surface area contributed by atoms with Gasteiger partial charge in [0.15, 0.2) is 11.6 Å². The molecule has 1 aromatic rings. The van der Waals surface area contributed by atoms with Crippen LogP contribution in [0.25, 0.3) is 0 Å². The van der Waals surface area contributed by atoms with Crippen molar-refractivity contribution >= 4 is 11.5 Å². The van der Waals surface area contributed by atoms with Crippen LogP contribution in [0.15, 0.2) is 12.3 Å². The van der Waals surface area contributed by atoms with Gasteiger partial charge < -0.3 is 14.5 Å². The van der Waals surface area contributed by atoms with Crippen molar-refractivity contribution < 1.29 is 4.74 Å². The first-order valence-electron chi connectivity index (χ1n) is 8.11. The summed E-state index contributed by atoms with van der Waals surface area (Å²) >= 11 is 0. The third-order valence-electron chi connectivity index (χ3n) is 4.99. The first kappa shape index (κ1) is 13.2. The Balaban J connectivity index is 1.56. The first-order chi connectivity index (χ1) is 10.2. The third-order valence-corrected chi connectivity index (χ3v) is 4.99. The summed E-state index contributed by atoms with van der Waals surface area (Å²) in [4.78, 5) is 12.1. The Morgan fingerprint density at radius 3 is 2.81 bits per heavy atom. The summed E-state index contributed by atoms with van der Waals surface area (Å²) in [5.74, 6) is 2.01. The highest BCUT2D eigenvalue weighted by molar-refractivity contribution is 5.62. The van der Waals surface area contributed by atoms with Crippen LogP contribution in [-0.4, -0.2) is 61.3 Å². The van der Waals surface area contributed by atoms with E-state index in [1.165, 1.54) is 12.1 Å². The van der Waals surface area contributed by atoms with Crippen LogP contribution >= 0.6 is 0 Å². The van der Waals surface area contributed by atoms with E-state index in [0.29, 0.717) is 12.1 Å². The molecule has 2 saturated heterocycles. The molecule has 0 bridgehead atoms. The zero-order valence-electron chi connectivity index (χ0n) is 13.0. The molecule has 4 heterocycles. The molecule has 2 fully saturated rings. The maximum atomic E-state index is 6.02. The molecule has 0 spiro atoms. The Morgan fingerprint density at radius 2 is 2.10 bits per heavy atom. The number of hydrogen-bond acceptors (Lipinski definition) is 5. The zero-order valence-corrected chi connectivity index (χ0v) is 13.0. The molecule has 3 aliphatic heterocycles. The quantitative estimate of drug-likeness (QED) is 0.825. The average molecular weight is 288 g/mol. The monoisotopic (exact) mass is 288 g/mol. The molecule has 0 aliphatic carbocycles. The molecule has 5 nitrogen and oxygen atoms in total. The van der Waals surface area contributed by atoms with Gasteiger partial charge in [-0.3, -0.25) is 4.90 Å². The molecular weight excluding hydrogens is 264 g/mol. The molecule has 0 radical (unpaired) electrons. The minimum Gasteiger partial charge on any atom is -0.487 e. The van der Waals surface area contributed by atoms with Gasteiger partial charge in [0.25, 0.3) is 0 Å². The second kappa shape index (κ2) is 5.05. The van der Waals surface area contributed by atoms with Crippen molar-refractivity contribution in [3.63, 3.8) is 0 Å². The molecule has 3 aliphatic rings. The molecule has 0 N–H and O–H groups in total. The van der Waals surface area contributed by atoms with E-state index in [2.05, 4.69) is 34.6 Å². The Morgan fingerprint density at radius 1 is 1.24 bits per heavy atom. The van der Waals surface area contributed by atoms with Crippen molar-refractivity contribution in [2.75, 3.05) is 49.1 Å². The summed E-state index contributed by atoms with van der Waals surface area (Å²) in [6.07, 6.45) is 3.30. The lowest BCUT2D eigenvalue weighted by Gasteiger charge is -2.46. The van der Waals surface area contributed by atoms with Gasteiger partial charge in [0.1, 0.15) is 6.61 Å². The number of ether oxygens (including phenoxy) is 1. The van der Waals surface area contributed by atoms with Crippen molar-refractivity contribution in [3.8, 4) is 5.75 Å². The molecular formula is C16H24N4O.